The molecule has 0 saturated heterocycles. The normalized spacial score (nSPS) is 11.7. The number of halogens is 3. The van der Waals surface area contributed by atoms with Crippen molar-refractivity contribution in [3.05, 3.63) is 23.9 Å². The van der Waals surface area contributed by atoms with Crippen molar-refractivity contribution in [2.24, 2.45) is 0 Å². The van der Waals surface area contributed by atoms with E-state index < -0.39 is 18.6 Å². The molecule has 0 radical (unpaired) electrons. The van der Waals surface area contributed by atoms with Crippen LogP contribution in [0.2, 0.25) is 0 Å². The number of pyridine rings is 1. The van der Waals surface area contributed by atoms with Crippen molar-refractivity contribution < 1.29 is 23.1 Å². The maximum Gasteiger partial charge on any atom is 0.390 e. The van der Waals surface area contributed by atoms with Crippen LogP contribution in [0.3, 0.4) is 0 Å². The number of alkyl halides is 3. The molecule has 2 N–H and O–H groups in total. The third-order valence-electron chi connectivity index (χ3n) is 2.86. The molecule has 1 rings (SSSR count). The third-order valence-corrected chi connectivity index (χ3v) is 2.86. The predicted octanol–water partition coefficient (Wildman–Crippen LogP) is 2.47. The first kappa shape index (κ1) is 17.2. The van der Waals surface area contributed by atoms with Gasteiger partial charge in [-0.25, -0.2) is 9.78 Å². The number of nitrogens with one attached hydrogen (secondary N) is 1. The Morgan fingerprint density at radius 1 is 1.38 bits per heavy atom. The molecule has 0 fully saturated rings. The topological polar surface area (TPSA) is 65.5 Å². The number of hydrogen-bond donors (Lipinski definition) is 2. The van der Waals surface area contributed by atoms with Crippen LogP contribution in [0.25, 0.3) is 0 Å². The average molecular weight is 305 g/mol. The molecule has 0 aromatic carbocycles. The Hall–Kier alpha value is -1.83. The second-order valence-corrected chi connectivity index (χ2v) is 4.44. The number of carbonyl (C=O) groups is 1. The molecule has 8 heteroatoms. The zero-order valence-corrected chi connectivity index (χ0v) is 11.7. The Morgan fingerprint density at radius 2 is 2.10 bits per heavy atom. The number of anilines is 1. The molecular formula is C13H18F3N3O2. The largest absolute Gasteiger partial charge is 0.477 e. The first-order chi connectivity index (χ1) is 9.81. The van der Waals surface area contributed by atoms with Gasteiger partial charge < -0.3 is 15.3 Å². The maximum atomic E-state index is 12.2. The van der Waals surface area contributed by atoms with Crippen molar-refractivity contribution in [3.63, 3.8) is 0 Å². The Bertz CT molecular complexity index is 466. The van der Waals surface area contributed by atoms with Crippen molar-refractivity contribution in [2.45, 2.75) is 19.5 Å². The summed E-state index contributed by atoms with van der Waals surface area (Å²) in [5.74, 6) is -0.735. The van der Waals surface area contributed by atoms with Gasteiger partial charge in [0.25, 0.3) is 0 Å². The van der Waals surface area contributed by atoms with Gasteiger partial charge in [0, 0.05) is 19.6 Å². The van der Waals surface area contributed by atoms with E-state index in [1.54, 1.807) is 24.0 Å². The van der Waals surface area contributed by atoms with E-state index >= 15 is 0 Å². The Balaban J connectivity index is 2.40. The highest BCUT2D eigenvalue weighted by atomic mass is 19.4. The van der Waals surface area contributed by atoms with Crippen LogP contribution in [-0.4, -0.2) is 53.3 Å². The molecule has 5 nitrogen and oxygen atoms in total. The van der Waals surface area contributed by atoms with E-state index in [-0.39, 0.29) is 12.2 Å². The van der Waals surface area contributed by atoms with Gasteiger partial charge in [0.15, 0.2) is 5.69 Å². The van der Waals surface area contributed by atoms with Crippen LogP contribution >= 0.6 is 0 Å². The number of carboxylic acid groups (broad SMARTS) is 1. The molecule has 118 valence electrons. The van der Waals surface area contributed by atoms with E-state index in [2.05, 4.69) is 10.3 Å². The van der Waals surface area contributed by atoms with E-state index in [0.717, 1.165) is 0 Å². The molecule has 0 saturated carbocycles. The lowest BCUT2D eigenvalue weighted by atomic mass is 10.3. The molecule has 0 atom stereocenters. The summed E-state index contributed by atoms with van der Waals surface area (Å²) in [6.45, 7) is 3.07. The van der Waals surface area contributed by atoms with E-state index in [0.29, 0.717) is 25.5 Å². The first-order valence-electron chi connectivity index (χ1n) is 6.55. The van der Waals surface area contributed by atoms with Crippen LogP contribution in [0.5, 0.6) is 0 Å². The van der Waals surface area contributed by atoms with Gasteiger partial charge in [-0.3, -0.25) is 0 Å². The van der Waals surface area contributed by atoms with Crippen LogP contribution in [0.4, 0.5) is 19.0 Å². The summed E-state index contributed by atoms with van der Waals surface area (Å²) in [5, 5.41) is 11.7. The van der Waals surface area contributed by atoms with Crippen LogP contribution in [0.15, 0.2) is 18.2 Å². The first-order valence-corrected chi connectivity index (χ1v) is 6.55. The van der Waals surface area contributed by atoms with Crippen molar-refractivity contribution in [1.82, 2.24) is 9.88 Å². The van der Waals surface area contributed by atoms with E-state index in [1.807, 2.05) is 0 Å². The maximum absolute atomic E-state index is 12.2. The molecule has 0 aliphatic carbocycles. The number of nitrogens with zero attached hydrogens (tertiary/aromatic N) is 2. The molecule has 1 aromatic rings. The lowest BCUT2D eigenvalue weighted by Gasteiger charge is -2.21. The SMILES string of the molecule is CCN(CCNc1cccc(C(=O)O)n1)CCC(F)(F)F. The van der Waals surface area contributed by atoms with Gasteiger partial charge in [-0.1, -0.05) is 13.0 Å². The average Bonchev–Trinajstić information content (AvgIpc) is 2.42. The van der Waals surface area contributed by atoms with Crippen LogP contribution in [-0.2, 0) is 0 Å². The minimum Gasteiger partial charge on any atom is -0.477 e. The monoisotopic (exact) mass is 305 g/mol. The summed E-state index contributed by atoms with van der Waals surface area (Å²) in [6, 6.07) is 4.54. The molecule has 1 aromatic heterocycles. The number of rotatable bonds is 8. The summed E-state index contributed by atoms with van der Waals surface area (Å²) in [4.78, 5) is 16.3. The molecule has 1 heterocycles. The lowest BCUT2D eigenvalue weighted by Crippen LogP contribution is -2.32. The van der Waals surface area contributed by atoms with Crippen LogP contribution in [0.1, 0.15) is 23.8 Å². The molecule has 0 unspecified atom stereocenters. The van der Waals surface area contributed by atoms with Crippen LogP contribution < -0.4 is 5.32 Å². The van der Waals surface area contributed by atoms with Crippen molar-refractivity contribution in [3.8, 4) is 0 Å². The van der Waals surface area contributed by atoms with Crippen molar-refractivity contribution in [1.29, 1.82) is 0 Å². The van der Waals surface area contributed by atoms with E-state index in [1.165, 1.54) is 6.07 Å². The molecule has 21 heavy (non-hydrogen) atoms. The number of likely N-dealkylation sites (N-methyl/N-ethyl adjacent to an activating group) is 1. The predicted molar refractivity (Wildman–Crippen MR) is 72.5 cm³/mol. The van der Waals surface area contributed by atoms with Crippen molar-refractivity contribution >= 4 is 11.8 Å². The minimum atomic E-state index is -4.15. The van der Waals surface area contributed by atoms with Gasteiger partial charge in [0.1, 0.15) is 5.82 Å². The Labute approximate surface area is 120 Å². The molecule has 0 bridgehead atoms. The van der Waals surface area contributed by atoms with E-state index in [4.69, 9.17) is 5.11 Å². The highest BCUT2D eigenvalue weighted by Gasteiger charge is 2.27. The second kappa shape index (κ2) is 7.82. The lowest BCUT2D eigenvalue weighted by molar-refractivity contribution is -0.137. The smallest absolute Gasteiger partial charge is 0.390 e. The zero-order valence-electron chi connectivity index (χ0n) is 11.7. The zero-order chi connectivity index (χ0) is 15.9. The second-order valence-electron chi connectivity index (χ2n) is 4.44. The van der Waals surface area contributed by atoms with Gasteiger partial charge >= 0.3 is 12.1 Å². The van der Waals surface area contributed by atoms with Gasteiger partial charge in [-0.2, -0.15) is 13.2 Å². The fraction of sp³-hybridized carbons (Fsp3) is 0.538. The Morgan fingerprint density at radius 3 is 2.67 bits per heavy atom. The van der Waals surface area contributed by atoms with Crippen LogP contribution in [0, 0.1) is 0 Å². The summed E-state index contributed by atoms with van der Waals surface area (Å²) < 4.78 is 36.5. The number of hydrogen-bond acceptors (Lipinski definition) is 4. The molecule has 0 amide bonds. The summed E-state index contributed by atoms with van der Waals surface area (Å²) in [5.41, 5.74) is -0.0792. The van der Waals surface area contributed by atoms with Gasteiger partial charge in [0.05, 0.1) is 6.42 Å². The number of aromatic nitrogens is 1. The summed E-state index contributed by atoms with van der Waals surface area (Å²) in [7, 11) is 0. The molecule has 0 aliphatic rings. The van der Waals surface area contributed by atoms with Gasteiger partial charge in [-0.15, -0.1) is 0 Å². The quantitative estimate of drug-likeness (QED) is 0.772. The highest BCUT2D eigenvalue weighted by Crippen LogP contribution is 2.19. The minimum absolute atomic E-state index is 0.0513. The third kappa shape index (κ3) is 6.94. The number of carboxylic acids is 1. The molecule has 0 aliphatic heterocycles. The number of aromatic carboxylic acids is 1. The fourth-order valence-corrected chi connectivity index (χ4v) is 1.71. The van der Waals surface area contributed by atoms with E-state index in [9.17, 15) is 18.0 Å². The van der Waals surface area contributed by atoms with Gasteiger partial charge in [-0.05, 0) is 18.7 Å². The fourth-order valence-electron chi connectivity index (χ4n) is 1.71. The Kier molecular flexibility index (Phi) is 6.41. The summed E-state index contributed by atoms with van der Waals surface area (Å²) in [6.07, 6.45) is -4.99. The highest BCUT2D eigenvalue weighted by molar-refractivity contribution is 5.85. The van der Waals surface area contributed by atoms with Gasteiger partial charge in [0.2, 0.25) is 0 Å². The summed E-state index contributed by atoms with van der Waals surface area (Å²) >= 11 is 0. The molecular weight excluding hydrogens is 287 g/mol. The molecule has 0 spiro atoms. The van der Waals surface area contributed by atoms with Crippen molar-refractivity contribution in [2.75, 3.05) is 31.5 Å². The standard InChI is InChI=1S/C13H18F3N3O2/c1-2-19(8-6-13(14,15)16)9-7-17-11-5-3-4-10(18-11)12(20)21/h3-5H,2,6-9H2,1H3,(H,17,18)(H,20,21).